The summed E-state index contributed by atoms with van der Waals surface area (Å²) in [6.07, 6.45) is 5.32. The SMILES string of the molecule is COC(=O)c1cc(NCc2cn(-c3ccccc3)nc2-c2ccncc2)ccc1[N+](=O)[O-]. The lowest BCUT2D eigenvalue weighted by Gasteiger charge is -2.09. The molecule has 0 aliphatic heterocycles. The molecule has 0 unspecified atom stereocenters. The van der Waals surface area contributed by atoms with Crippen LogP contribution >= 0.6 is 0 Å². The van der Waals surface area contributed by atoms with Crippen molar-refractivity contribution in [2.24, 2.45) is 0 Å². The molecule has 2 heterocycles. The molecule has 0 atom stereocenters. The van der Waals surface area contributed by atoms with Crippen LogP contribution < -0.4 is 5.32 Å². The standard InChI is InChI=1S/C23H19N5O4/c1-32-23(29)20-13-18(7-8-21(20)28(30)31)25-14-17-15-27(19-5-3-2-4-6-19)26-22(17)16-9-11-24-12-10-16/h2-13,15,25H,14H2,1H3. The molecule has 4 aromatic rings. The Morgan fingerprint density at radius 1 is 1.12 bits per heavy atom. The third-order valence-electron chi connectivity index (χ3n) is 4.85. The van der Waals surface area contributed by atoms with Crippen LogP contribution in [0.5, 0.6) is 0 Å². The number of ether oxygens (including phenoxy) is 1. The van der Waals surface area contributed by atoms with Gasteiger partial charge in [0.2, 0.25) is 0 Å². The second kappa shape index (κ2) is 9.09. The number of hydrogen-bond donors (Lipinski definition) is 1. The average Bonchev–Trinajstić information content (AvgIpc) is 3.27. The number of benzene rings is 2. The molecule has 2 aromatic heterocycles. The van der Waals surface area contributed by atoms with Gasteiger partial charge in [-0.25, -0.2) is 9.48 Å². The number of nitrogens with zero attached hydrogens (tertiary/aromatic N) is 4. The Kier molecular flexibility index (Phi) is 5.89. The number of nitrogens with one attached hydrogen (secondary N) is 1. The summed E-state index contributed by atoms with van der Waals surface area (Å²) in [4.78, 5) is 26.7. The molecule has 0 aliphatic rings. The van der Waals surface area contributed by atoms with E-state index in [0.717, 1.165) is 22.5 Å². The van der Waals surface area contributed by atoms with Crippen molar-refractivity contribution >= 4 is 17.3 Å². The first-order chi connectivity index (χ1) is 15.6. The van der Waals surface area contributed by atoms with Gasteiger partial charge < -0.3 is 10.1 Å². The van der Waals surface area contributed by atoms with Gasteiger partial charge in [0.15, 0.2) is 0 Å². The van der Waals surface area contributed by atoms with E-state index in [9.17, 15) is 14.9 Å². The van der Waals surface area contributed by atoms with E-state index in [1.807, 2.05) is 48.7 Å². The zero-order chi connectivity index (χ0) is 22.5. The second-order valence-electron chi connectivity index (χ2n) is 6.85. The summed E-state index contributed by atoms with van der Waals surface area (Å²) in [5, 5.41) is 19.2. The fraction of sp³-hybridized carbons (Fsp3) is 0.0870. The van der Waals surface area contributed by atoms with Gasteiger partial charge in [-0.3, -0.25) is 15.1 Å². The minimum Gasteiger partial charge on any atom is -0.465 e. The third kappa shape index (κ3) is 4.31. The smallest absolute Gasteiger partial charge is 0.344 e. The maximum Gasteiger partial charge on any atom is 0.344 e. The van der Waals surface area contributed by atoms with Crippen LogP contribution in [0.1, 0.15) is 15.9 Å². The van der Waals surface area contributed by atoms with E-state index in [0.29, 0.717) is 12.2 Å². The minimum atomic E-state index is -0.769. The average molecular weight is 429 g/mol. The molecule has 0 aliphatic carbocycles. The van der Waals surface area contributed by atoms with Crippen LogP contribution in [0, 0.1) is 10.1 Å². The van der Waals surface area contributed by atoms with Gasteiger partial charge in [-0.2, -0.15) is 5.10 Å². The molecule has 0 fully saturated rings. The van der Waals surface area contributed by atoms with Crippen LogP contribution in [0.15, 0.2) is 79.3 Å². The Morgan fingerprint density at radius 2 is 1.88 bits per heavy atom. The number of carbonyl (C=O) groups excluding carboxylic acids is 1. The Bertz CT molecular complexity index is 1260. The number of rotatable bonds is 7. The van der Waals surface area contributed by atoms with Gasteiger partial charge in [-0.1, -0.05) is 18.2 Å². The van der Waals surface area contributed by atoms with Crippen molar-refractivity contribution < 1.29 is 14.5 Å². The van der Waals surface area contributed by atoms with Gasteiger partial charge in [-0.15, -0.1) is 0 Å². The monoisotopic (exact) mass is 429 g/mol. The first-order valence-electron chi connectivity index (χ1n) is 9.72. The molecule has 0 saturated carbocycles. The molecule has 4 rings (SSSR count). The van der Waals surface area contributed by atoms with Crippen LogP contribution in [0.2, 0.25) is 0 Å². The summed E-state index contributed by atoms with van der Waals surface area (Å²) in [5.74, 6) is -0.769. The maximum absolute atomic E-state index is 12.0. The number of aromatic nitrogens is 3. The number of esters is 1. The van der Waals surface area contributed by atoms with E-state index in [1.54, 1.807) is 23.1 Å². The first kappa shape index (κ1) is 20.7. The lowest BCUT2D eigenvalue weighted by Crippen LogP contribution is -2.07. The zero-order valence-electron chi connectivity index (χ0n) is 17.1. The predicted molar refractivity (Wildman–Crippen MR) is 119 cm³/mol. The third-order valence-corrected chi connectivity index (χ3v) is 4.85. The number of carbonyl (C=O) groups is 1. The molecule has 32 heavy (non-hydrogen) atoms. The van der Waals surface area contributed by atoms with Crippen LogP contribution in [0.4, 0.5) is 11.4 Å². The number of pyridine rings is 1. The molecule has 0 amide bonds. The summed E-state index contributed by atoms with van der Waals surface area (Å²) >= 11 is 0. The lowest BCUT2D eigenvalue weighted by atomic mass is 10.1. The summed E-state index contributed by atoms with van der Waals surface area (Å²) in [6, 6.07) is 17.7. The topological polar surface area (TPSA) is 112 Å². The largest absolute Gasteiger partial charge is 0.465 e. The van der Waals surface area contributed by atoms with Gasteiger partial charge >= 0.3 is 5.97 Å². The van der Waals surface area contributed by atoms with E-state index in [-0.39, 0.29) is 11.3 Å². The molecule has 160 valence electrons. The van der Waals surface area contributed by atoms with E-state index < -0.39 is 10.9 Å². The van der Waals surface area contributed by atoms with Crippen LogP contribution in [-0.4, -0.2) is 32.8 Å². The molecule has 1 N–H and O–H groups in total. The summed E-state index contributed by atoms with van der Waals surface area (Å²) < 4.78 is 6.48. The summed E-state index contributed by atoms with van der Waals surface area (Å²) in [6.45, 7) is 0.378. The highest BCUT2D eigenvalue weighted by Gasteiger charge is 2.21. The van der Waals surface area contributed by atoms with Crippen molar-refractivity contribution in [3.05, 3.63) is 100 Å². The highest BCUT2D eigenvalue weighted by Crippen LogP contribution is 2.26. The van der Waals surface area contributed by atoms with Crippen molar-refractivity contribution in [3.63, 3.8) is 0 Å². The Balaban J connectivity index is 1.66. The van der Waals surface area contributed by atoms with Crippen molar-refractivity contribution in [3.8, 4) is 16.9 Å². The fourth-order valence-corrected chi connectivity index (χ4v) is 3.28. The van der Waals surface area contributed by atoms with Crippen LogP contribution in [0.3, 0.4) is 0 Å². The fourth-order valence-electron chi connectivity index (χ4n) is 3.28. The van der Waals surface area contributed by atoms with E-state index in [2.05, 4.69) is 15.0 Å². The van der Waals surface area contributed by atoms with Crippen LogP contribution in [0.25, 0.3) is 16.9 Å². The number of hydrogen-bond acceptors (Lipinski definition) is 7. The first-order valence-corrected chi connectivity index (χ1v) is 9.72. The van der Waals surface area contributed by atoms with E-state index in [1.165, 1.54) is 19.2 Å². The molecule has 9 nitrogen and oxygen atoms in total. The highest BCUT2D eigenvalue weighted by molar-refractivity contribution is 5.95. The predicted octanol–water partition coefficient (Wildman–Crippen LogP) is 4.24. The van der Waals surface area contributed by atoms with Crippen molar-refractivity contribution in [2.75, 3.05) is 12.4 Å². The maximum atomic E-state index is 12.0. The molecule has 9 heteroatoms. The molecular formula is C23H19N5O4. The Hall–Kier alpha value is -4.53. The lowest BCUT2D eigenvalue weighted by molar-refractivity contribution is -0.385. The number of methoxy groups -OCH3 is 1. The van der Waals surface area contributed by atoms with Gasteiger partial charge in [0, 0.05) is 48.0 Å². The summed E-state index contributed by atoms with van der Waals surface area (Å²) in [7, 11) is 1.19. The number of anilines is 1. The quantitative estimate of drug-likeness (QED) is 0.266. The normalized spacial score (nSPS) is 10.5. The van der Waals surface area contributed by atoms with E-state index in [4.69, 9.17) is 5.10 Å². The Labute approximate surface area is 183 Å². The number of nitro groups is 1. The van der Waals surface area contributed by atoms with Crippen LogP contribution in [-0.2, 0) is 11.3 Å². The van der Waals surface area contributed by atoms with Crippen molar-refractivity contribution in [2.45, 2.75) is 6.54 Å². The zero-order valence-corrected chi connectivity index (χ0v) is 17.1. The van der Waals surface area contributed by atoms with Gasteiger partial charge in [-0.05, 0) is 36.4 Å². The molecule has 0 saturated heterocycles. The summed E-state index contributed by atoms with van der Waals surface area (Å²) in [5.41, 5.74) is 3.62. The van der Waals surface area contributed by atoms with Crippen molar-refractivity contribution in [1.82, 2.24) is 14.8 Å². The van der Waals surface area contributed by atoms with Gasteiger partial charge in [0.1, 0.15) is 5.56 Å². The van der Waals surface area contributed by atoms with Gasteiger partial charge in [0.25, 0.3) is 5.69 Å². The van der Waals surface area contributed by atoms with E-state index >= 15 is 0 Å². The molecule has 0 radical (unpaired) electrons. The molecule has 2 aromatic carbocycles. The number of para-hydroxylation sites is 1. The Morgan fingerprint density at radius 3 is 2.56 bits per heavy atom. The molecular weight excluding hydrogens is 410 g/mol. The highest BCUT2D eigenvalue weighted by atomic mass is 16.6. The molecule has 0 bridgehead atoms. The van der Waals surface area contributed by atoms with Gasteiger partial charge in [0.05, 0.1) is 23.4 Å². The van der Waals surface area contributed by atoms with Crippen molar-refractivity contribution in [1.29, 1.82) is 0 Å². The second-order valence-corrected chi connectivity index (χ2v) is 6.85. The number of nitro benzene ring substituents is 1. The molecule has 0 spiro atoms. The minimum absolute atomic E-state index is 0.114.